The summed E-state index contributed by atoms with van der Waals surface area (Å²) in [6, 6.07) is 5.33. The minimum atomic E-state index is -3.60. The van der Waals surface area contributed by atoms with Crippen LogP contribution in [0.15, 0.2) is 24.3 Å². The number of hydrogen-bond acceptors (Lipinski definition) is 3. The fourth-order valence-electron chi connectivity index (χ4n) is 2.58. The maximum Gasteiger partial charge on any atom is 0.240 e. The van der Waals surface area contributed by atoms with Gasteiger partial charge in [-0.15, -0.1) is 0 Å². The highest BCUT2D eigenvalue weighted by Crippen LogP contribution is 2.19. The average Bonchev–Trinajstić information content (AvgIpc) is 2.48. The van der Waals surface area contributed by atoms with Gasteiger partial charge in [-0.3, -0.25) is 4.79 Å². The lowest BCUT2D eigenvalue weighted by Crippen LogP contribution is -2.45. The van der Waals surface area contributed by atoms with Gasteiger partial charge in [-0.25, -0.2) is 12.8 Å². The minimum Gasteiger partial charge on any atom is -0.342 e. The van der Waals surface area contributed by atoms with Gasteiger partial charge in [0.25, 0.3) is 0 Å². The van der Waals surface area contributed by atoms with Crippen LogP contribution in [0.2, 0.25) is 0 Å². The van der Waals surface area contributed by atoms with Gasteiger partial charge >= 0.3 is 0 Å². The Labute approximate surface area is 131 Å². The van der Waals surface area contributed by atoms with Crippen molar-refractivity contribution in [2.24, 2.45) is 5.92 Å². The molecule has 1 amide bonds. The van der Waals surface area contributed by atoms with Crippen LogP contribution in [0.25, 0.3) is 0 Å². The molecule has 0 bridgehead atoms. The van der Waals surface area contributed by atoms with Crippen LogP contribution in [0.3, 0.4) is 0 Å². The molecule has 0 aromatic heterocycles. The van der Waals surface area contributed by atoms with E-state index in [9.17, 15) is 17.6 Å². The zero-order chi connectivity index (χ0) is 16.3. The van der Waals surface area contributed by atoms with E-state index in [2.05, 4.69) is 6.92 Å². The standard InChI is InChI=1S/C16H22FNO3S/c1-12-7-9-18(10-8-12)16(19)13(2)22(20,21)11-14-3-5-15(17)6-4-14/h3-6,12-13H,7-11H2,1-2H3/t13-/m0/s1. The monoisotopic (exact) mass is 327 g/mol. The number of amides is 1. The number of hydrogen-bond donors (Lipinski definition) is 0. The van der Waals surface area contributed by atoms with Crippen molar-refractivity contribution in [3.05, 3.63) is 35.6 Å². The molecule has 1 aromatic rings. The van der Waals surface area contributed by atoms with E-state index in [0.29, 0.717) is 24.6 Å². The third kappa shape index (κ3) is 4.06. The molecule has 1 aliphatic heterocycles. The predicted octanol–water partition coefficient (Wildman–Crippen LogP) is 2.39. The number of nitrogens with zero attached hydrogens (tertiary/aromatic N) is 1. The van der Waals surface area contributed by atoms with E-state index in [-0.39, 0.29) is 11.7 Å². The van der Waals surface area contributed by atoms with E-state index in [0.717, 1.165) is 12.8 Å². The van der Waals surface area contributed by atoms with Crippen molar-refractivity contribution in [1.29, 1.82) is 0 Å². The second-order valence-electron chi connectivity index (χ2n) is 6.08. The molecule has 1 heterocycles. The van der Waals surface area contributed by atoms with Crippen LogP contribution in [-0.2, 0) is 20.4 Å². The number of benzene rings is 1. The van der Waals surface area contributed by atoms with Crippen molar-refractivity contribution in [3.63, 3.8) is 0 Å². The van der Waals surface area contributed by atoms with Crippen molar-refractivity contribution in [3.8, 4) is 0 Å². The molecular formula is C16H22FNO3S. The first kappa shape index (κ1) is 16.9. The fraction of sp³-hybridized carbons (Fsp3) is 0.562. The van der Waals surface area contributed by atoms with Crippen LogP contribution in [0.4, 0.5) is 4.39 Å². The van der Waals surface area contributed by atoms with Gasteiger partial charge in [0.2, 0.25) is 5.91 Å². The number of piperidine rings is 1. The molecule has 0 N–H and O–H groups in total. The van der Waals surface area contributed by atoms with Gasteiger partial charge in [0, 0.05) is 13.1 Å². The first-order chi connectivity index (χ1) is 10.3. The Hall–Kier alpha value is -1.43. The van der Waals surface area contributed by atoms with Gasteiger partial charge in [0.1, 0.15) is 11.1 Å². The van der Waals surface area contributed by atoms with Crippen molar-refractivity contribution in [2.75, 3.05) is 13.1 Å². The van der Waals surface area contributed by atoms with E-state index in [1.54, 1.807) is 4.90 Å². The third-order valence-corrected chi connectivity index (χ3v) is 6.28. The number of sulfone groups is 1. The van der Waals surface area contributed by atoms with Crippen molar-refractivity contribution in [1.82, 2.24) is 4.90 Å². The zero-order valence-corrected chi connectivity index (χ0v) is 13.8. The first-order valence-electron chi connectivity index (χ1n) is 7.54. The van der Waals surface area contributed by atoms with Crippen LogP contribution in [0.1, 0.15) is 32.3 Å². The van der Waals surface area contributed by atoms with Crippen LogP contribution < -0.4 is 0 Å². The molecule has 0 spiro atoms. The van der Waals surface area contributed by atoms with E-state index in [4.69, 9.17) is 0 Å². The summed E-state index contributed by atoms with van der Waals surface area (Å²) in [5.41, 5.74) is 0.494. The summed E-state index contributed by atoms with van der Waals surface area (Å²) >= 11 is 0. The summed E-state index contributed by atoms with van der Waals surface area (Å²) in [6.07, 6.45) is 1.83. The van der Waals surface area contributed by atoms with Gasteiger partial charge in [0.05, 0.1) is 5.75 Å². The lowest BCUT2D eigenvalue weighted by Gasteiger charge is -2.32. The normalized spacial score (nSPS) is 18.2. The SMILES string of the molecule is CC1CCN(C(=O)[C@H](C)S(=O)(=O)Cc2ccc(F)cc2)CC1. The van der Waals surface area contributed by atoms with Gasteiger partial charge in [-0.1, -0.05) is 19.1 Å². The molecule has 1 saturated heterocycles. The molecular weight excluding hydrogens is 305 g/mol. The number of halogens is 1. The quantitative estimate of drug-likeness (QED) is 0.853. The molecule has 2 rings (SSSR count). The Kier molecular flexibility index (Phi) is 5.21. The molecule has 122 valence electrons. The van der Waals surface area contributed by atoms with Gasteiger partial charge in [-0.2, -0.15) is 0 Å². The Balaban J connectivity index is 2.04. The summed E-state index contributed by atoms with van der Waals surface area (Å²) in [5.74, 6) is -0.401. The Morgan fingerprint density at radius 1 is 1.27 bits per heavy atom. The summed E-state index contributed by atoms with van der Waals surface area (Å²) in [7, 11) is -3.60. The Bertz CT molecular complexity index is 619. The average molecular weight is 327 g/mol. The van der Waals surface area contributed by atoms with Crippen LogP contribution >= 0.6 is 0 Å². The maximum absolute atomic E-state index is 12.9. The summed E-state index contributed by atoms with van der Waals surface area (Å²) in [5, 5.41) is -1.06. The molecule has 1 atom stereocenters. The van der Waals surface area contributed by atoms with Crippen molar-refractivity contribution >= 4 is 15.7 Å². The number of carbonyl (C=O) groups is 1. The number of likely N-dealkylation sites (tertiary alicyclic amines) is 1. The molecule has 0 radical (unpaired) electrons. The minimum absolute atomic E-state index is 0.246. The van der Waals surface area contributed by atoms with Gasteiger partial charge < -0.3 is 4.90 Å². The smallest absolute Gasteiger partial charge is 0.240 e. The number of carbonyl (C=O) groups excluding carboxylic acids is 1. The topological polar surface area (TPSA) is 54.5 Å². The van der Waals surface area contributed by atoms with Crippen LogP contribution in [0, 0.1) is 11.7 Å². The highest BCUT2D eigenvalue weighted by molar-refractivity contribution is 7.92. The molecule has 4 nitrogen and oxygen atoms in total. The maximum atomic E-state index is 12.9. The molecule has 22 heavy (non-hydrogen) atoms. The van der Waals surface area contributed by atoms with Crippen molar-refractivity contribution < 1.29 is 17.6 Å². The summed E-state index contributed by atoms with van der Waals surface area (Å²) < 4.78 is 37.7. The lowest BCUT2D eigenvalue weighted by atomic mass is 9.99. The first-order valence-corrected chi connectivity index (χ1v) is 9.26. The molecule has 0 unspecified atom stereocenters. The van der Waals surface area contributed by atoms with Gasteiger partial charge in [0.15, 0.2) is 9.84 Å². The van der Waals surface area contributed by atoms with Crippen molar-refractivity contribution in [2.45, 2.75) is 37.7 Å². The fourth-order valence-corrected chi connectivity index (χ4v) is 3.94. The molecule has 1 aromatic carbocycles. The third-order valence-electron chi connectivity index (χ3n) is 4.26. The summed E-state index contributed by atoms with van der Waals surface area (Å²) in [4.78, 5) is 14.0. The molecule has 1 fully saturated rings. The van der Waals surface area contributed by atoms with Crippen LogP contribution in [0.5, 0.6) is 0 Å². The van der Waals surface area contributed by atoms with E-state index >= 15 is 0 Å². The molecule has 1 aliphatic rings. The largest absolute Gasteiger partial charge is 0.342 e. The number of rotatable bonds is 4. The lowest BCUT2D eigenvalue weighted by molar-refractivity contribution is -0.131. The summed E-state index contributed by atoms with van der Waals surface area (Å²) in [6.45, 7) is 4.82. The molecule has 0 aliphatic carbocycles. The van der Waals surface area contributed by atoms with E-state index in [1.807, 2.05) is 0 Å². The van der Waals surface area contributed by atoms with Gasteiger partial charge in [-0.05, 0) is 43.4 Å². The predicted molar refractivity (Wildman–Crippen MR) is 83.5 cm³/mol. The Morgan fingerprint density at radius 2 is 1.82 bits per heavy atom. The van der Waals surface area contributed by atoms with E-state index in [1.165, 1.54) is 31.2 Å². The highest BCUT2D eigenvalue weighted by Gasteiger charge is 2.32. The highest BCUT2D eigenvalue weighted by atomic mass is 32.2. The van der Waals surface area contributed by atoms with E-state index < -0.39 is 20.9 Å². The van der Waals surface area contributed by atoms with Crippen LogP contribution in [-0.4, -0.2) is 37.6 Å². The zero-order valence-electron chi connectivity index (χ0n) is 13.0. The second-order valence-corrected chi connectivity index (χ2v) is 8.41. The Morgan fingerprint density at radius 3 is 2.36 bits per heavy atom. The molecule has 0 saturated carbocycles. The molecule has 6 heteroatoms. The second kappa shape index (κ2) is 6.77.